The number of nitrogens with zero attached hydrogens (tertiary/aromatic N) is 3. The third kappa shape index (κ3) is 3.09. The van der Waals surface area contributed by atoms with Crippen LogP contribution in [-0.4, -0.2) is 20.4 Å². The van der Waals surface area contributed by atoms with E-state index in [1.807, 2.05) is 43.3 Å². The maximum Gasteiger partial charge on any atom is 0.261 e. The molecule has 2 aromatic carbocycles. The first kappa shape index (κ1) is 16.4. The van der Waals surface area contributed by atoms with Gasteiger partial charge in [0.15, 0.2) is 0 Å². The molecule has 0 aliphatic rings. The molecular formula is C19H16N4O2S. The smallest absolute Gasteiger partial charge is 0.261 e. The van der Waals surface area contributed by atoms with Crippen molar-refractivity contribution in [2.75, 3.05) is 0 Å². The van der Waals surface area contributed by atoms with Gasteiger partial charge in [0.25, 0.3) is 5.56 Å². The molecule has 0 unspecified atom stereocenters. The van der Waals surface area contributed by atoms with Gasteiger partial charge < -0.3 is 5.32 Å². The van der Waals surface area contributed by atoms with Gasteiger partial charge in [0.2, 0.25) is 5.91 Å². The van der Waals surface area contributed by atoms with Crippen molar-refractivity contribution in [3.05, 3.63) is 69.7 Å². The summed E-state index contributed by atoms with van der Waals surface area (Å²) < 4.78 is 2.41. The molecule has 1 amide bonds. The molecule has 0 aliphatic heterocycles. The molecular weight excluding hydrogens is 348 g/mol. The highest BCUT2D eigenvalue weighted by molar-refractivity contribution is 7.18. The molecule has 4 aromatic rings. The normalized spacial score (nSPS) is 11.1. The van der Waals surface area contributed by atoms with E-state index in [1.54, 1.807) is 17.4 Å². The lowest BCUT2D eigenvalue weighted by molar-refractivity contribution is -0.121. The number of fused-ring (bicyclic) bond motifs is 2. The van der Waals surface area contributed by atoms with Crippen LogP contribution >= 0.6 is 11.3 Å². The number of para-hydroxylation sites is 2. The quantitative estimate of drug-likeness (QED) is 0.604. The van der Waals surface area contributed by atoms with E-state index < -0.39 is 0 Å². The SMILES string of the molecule is Cc1cccc2c(=O)n(CC(=O)NCc3nc4ccccc4s3)cnc12. The van der Waals surface area contributed by atoms with Crippen molar-refractivity contribution < 1.29 is 4.79 Å². The Hall–Kier alpha value is -3.06. The van der Waals surface area contributed by atoms with E-state index in [0.717, 1.165) is 20.8 Å². The molecule has 26 heavy (non-hydrogen) atoms. The number of rotatable bonds is 4. The molecule has 0 saturated carbocycles. The summed E-state index contributed by atoms with van der Waals surface area (Å²) in [6.07, 6.45) is 1.43. The fourth-order valence-electron chi connectivity index (χ4n) is 2.83. The molecule has 4 rings (SSSR count). The first-order chi connectivity index (χ1) is 12.6. The number of carbonyl (C=O) groups is 1. The van der Waals surface area contributed by atoms with Crippen LogP contribution < -0.4 is 10.9 Å². The summed E-state index contributed by atoms with van der Waals surface area (Å²) in [7, 11) is 0. The number of carbonyl (C=O) groups excluding carboxylic acids is 1. The molecule has 0 spiro atoms. The highest BCUT2D eigenvalue weighted by Crippen LogP contribution is 2.21. The number of thiazole rings is 1. The summed E-state index contributed by atoms with van der Waals surface area (Å²) in [5, 5.41) is 4.17. The van der Waals surface area contributed by atoms with Crippen molar-refractivity contribution in [1.82, 2.24) is 19.9 Å². The lowest BCUT2D eigenvalue weighted by Crippen LogP contribution is -2.32. The molecule has 0 bridgehead atoms. The van der Waals surface area contributed by atoms with Crippen LogP contribution in [0.2, 0.25) is 0 Å². The number of nitrogens with one attached hydrogen (secondary N) is 1. The Morgan fingerprint density at radius 3 is 2.88 bits per heavy atom. The highest BCUT2D eigenvalue weighted by atomic mass is 32.1. The van der Waals surface area contributed by atoms with Crippen molar-refractivity contribution >= 4 is 38.4 Å². The zero-order valence-corrected chi connectivity index (χ0v) is 14.9. The van der Waals surface area contributed by atoms with Gasteiger partial charge in [-0.2, -0.15) is 0 Å². The summed E-state index contributed by atoms with van der Waals surface area (Å²) >= 11 is 1.55. The first-order valence-electron chi connectivity index (χ1n) is 8.18. The summed E-state index contributed by atoms with van der Waals surface area (Å²) in [4.78, 5) is 33.6. The summed E-state index contributed by atoms with van der Waals surface area (Å²) in [6, 6.07) is 13.3. The Labute approximate surface area is 153 Å². The molecule has 0 atom stereocenters. The number of aryl methyl sites for hydroxylation is 1. The van der Waals surface area contributed by atoms with Crippen LogP contribution in [0.4, 0.5) is 0 Å². The second kappa shape index (κ2) is 6.68. The number of hydrogen-bond acceptors (Lipinski definition) is 5. The zero-order chi connectivity index (χ0) is 18.1. The number of aromatic nitrogens is 3. The van der Waals surface area contributed by atoms with E-state index in [-0.39, 0.29) is 18.0 Å². The van der Waals surface area contributed by atoms with Gasteiger partial charge in [-0.3, -0.25) is 14.2 Å². The van der Waals surface area contributed by atoms with Gasteiger partial charge in [0, 0.05) is 0 Å². The minimum Gasteiger partial charge on any atom is -0.348 e. The average Bonchev–Trinajstić information content (AvgIpc) is 3.06. The van der Waals surface area contributed by atoms with Crippen LogP contribution in [0.1, 0.15) is 10.6 Å². The zero-order valence-electron chi connectivity index (χ0n) is 14.1. The van der Waals surface area contributed by atoms with Gasteiger partial charge >= 0.3 is 0 Å². The van der Waals surface area contributed by atoms with E-state index in [2.05, 4.69) is 15.3 Å². The lowest BCUT2D eigenvalue weighted by Gasteiger charge is -2.08. The maximum atomic E-state index is 12.5. The van der Waals surface area contributed by atoms with Gasteiger partial charge in [-0.1, -0.05) is 24.3 Å². The molecule has 6 nitrogen and oxygen atoms in total. The molecule has 2 heterocycles. The molecule has 1 N–H and O–H groups in total. The van der Waals surface area contributed by atoms with Gasteiger partial charge in [0.1, 0.15) is 11.6 Å². The first-order valence-corrected chi connectivity index (χ1v) is 8.99. The van der Waals surface area contributed by atoms with Crippen LogP contribution in [0, 0.1) is 6.92 Å². The van der Waals surface area contributed by atoms with Gasteiger partial charge in [-0.25, -0.2) is 9.97 Å². The summed E-state index contributed by atoms with van der Waals surface area (Å²) in [6.45, 7) is 2.18. The predicted octanol–water partition coefficient (Wildman–Crippen LogP) is 2.63. The van der Waals surface area contributed by atoms with E-state index in [9.17, 15) is 9.59 Å². The van der Waals surface area contributed by atoms with Gasteiger partial charge in [-0.15, -0.1) is 11.3 Å². The standard InChI is InChI=1S/C19H16N4O2S/c1-12-5-4-6-13-18(12)21-11-23(19(13)25)10-16(24)20-9-17-22-14-7-2-3-8-15(14)26-17/h2-8,11H,9-10H2,1H3,(H,20,24). The second-order valence-electron chi connectivity index (χ2n) is 6.00. The van der Waals surface area contributed by atoms with Crippen LogP contribution in [0.15, 0.2) is 53.6 Å². The largest absolute Gasteiger partial charge is 0.348 e. The van der Waals surface area contributed by atoms with Crippen LogP contribution in [0.5, 0.6) is 0 Å². The average molecular weight is 364 g/mol. The predicted molar refractivity (Wildman–Crippen MR) is 102 cm³/mol. The summed E-state index contributed by atoms with van der Waals surface area (Å²) in [5.74, 6) is -0.250. The maximum absolute atomic E-state index is 12.5. The minimum absolute atomic E-state index is 0.0688. The van der Waals surface area contributed by atoms with E-state index in [4.69, 9.17) is 0 Å². The second-order valence-corrected chi connectivity index (χ2v) is 7.12. The number of benzene rings is 2. The molecule has 0 saturated heterocycles. The van der Waals surface area contributed by atoms with E-state index >= 15 is 0 Å². The summed E-state index contributed by atoms with van der Waals surface area (Å²) in [5.41, 5.74) is 2.32. The van der Waals surface area contributed by atoms with Crippen molar-refractivity contribution in [1.29, 1.82) is 0 Å². The van der Waals surface area contributed by atoms with Crippen LogP contribution in [0.3, 0.4) is 0 Å². The Kier molecular flexibility index (Phi) is 4.22. The van der Waals surface area contributed by atoms with Crippen LogP contribution in [0.25, 0.3) is 21.1 Å². The number of hydrogen-bond donors (Lipinski definition) is 1. The van der Waals surface area contributed by atoms with Gasteiger partial charge in [-0.05, 0) is 30.7 Å². The lowest BCUT2D eigenvalue weighted by atomic mass is 10.1. The van der Waals surface area contributed by atoms with Crippen molar-refractivity contribution in [3.63, 3.8) is 0 Å². The molecule has 0 fully saturated rings. The third-order valence-corrected chi connectivity index (χ3v) is 5.18. The molecule has 2 aromatic heterocycles. The fourth-order valence-corrected chi connectivity index (χ4v) is 3.74. The van der Waals surface area contributed by atoms with E-state index in [1.165, 1.54) is 10.9 Å². The van der Waals surface area contributed by atoms with Crippen LogP contribution in [-0.2, 0) is 17.9 Å². The fraction of sp³-hybridized carbons (Fsp3) is 0.158. The molecule has 130 valence electrons. The molecule has 0 aliphatic carbocycles. The Bertz CT molecular complexity index is 1150. The molecule has 0 radical (unpaired) electrons. The Morgan fingerprint density at radius 1 is 1.19 bits per heavy atom. The Morgan fingerprint density at radius 2 is 2.04 bits per heavy atom. The highest BCUT2D eigenvalue weighted by Gasteiger charge is 2.10. The van der Waals surface area contributed by atoms with Crippen molar-refractivity contribution in [2.45, 2.75) is 20.0 Å². The molecule has 7 heteroatoms. The van der Waals surface area contributed by atoms with Crippen molar-refractivity contribution in [2.24, 2.45) is 0 Å². The van der Waals surface area contributed by atoms with Gasteiger partial charge in [0.05, 0.1) is 34.0 Å². The minimum atomic E-state index is -0.250. The number of amides is 1. The van der Waals surface area contributed by atoms with Crippen molar-refractivity contribution in [3.8, 4) is 0 Å². The Balaban J connectivity index is 1.48. The topological polar surface area (TPSA) is 76.9 Å². The van der Waals surface area contributed by atoms with E-state index in [0.29, 0.717) is 17.4 Å². The monoisotopic (exact) mass is 364 g/mol. The third-order valence-electron chi connectivity index (χ3n) is 4.14.